The van der Waals surface area contributed by atoms with Crippen LogP contribution >= 0.6 is 0 Å². The van der Waals surface area contributed by atoms with Crippen LogP contribution in [0.2, 0.25) is 0 Å². The van der Waals surface area contributed by atoms with Gasteiger partial charge in [0.05, 0.1) is 0 Å². The highest BCUT2D eigenvalue weighted by atomic mass is 16.3. The van der Waals surface area contributed by atoms with E-state index in [0.717, 1.165) is 6.42 Å². The van der Waals surface area contributed by atoms with E-state index in [1.807, 2.05) is 0 Å². The molecule has 0 aliphatic heterocycles. The van der Waals surface area contributed by atoms with Crippen molar-refractivity contribution < 1.29 is 9.90 Å². The topological polar surface area (TPSA) is 37.3 Å². The van der Waals surface area contributed by atoms with Gasteiger partial charge < -0.3 is 5.11 Å². The van der Waals surface area contributed by atoms with Crippen molar-refractivity contribution in [3.8, 4) is 0 Å². The first-order valence-corrected chi connectivity index (χ1v) is 4.67. The van der Waals surface area contributed by atoms with E-state index in [2.05, 4.69) is 13.8 Å². The van der Waals surface area contributed by atoms with Crippen molar-refractivity contribution in [2.75, 3.05) is 0 Å². The number of aliphatic hydroxyl groups is 1. The molecule has 3 atom stereocenters. The van der Waals surface area contributed by atoms with E-state index in [1.165, 1.54) is 0 Å². The molecule has 2 aliphatic rings. The van der Waals surface area contributed by atoms with Crippen LogP contribution in [0.4, 0.5) is 0 Å². The summed E-state index contributed by atoms with van der Waals surface area (Å²) in [6.45, 7) is 5.97. The first-order chi connectivity index (χ1) is 5.41. The lowest BCUT2D eigenvalue weighted by atomic mass is 9.90. The van der Waals surface area contributed by atoms with Crippen molar-refractivity contribution in [1.82, 2.24) is 0 Å². The van der Waals surface area contributed by atoms with Crippen molar-refractivity contribution in [3.63, 3.8) is 0 Å². The Morgan fingerprint density at radius 1 is 1.58 bits per heavy atom. The van der Waals surface area contributed by atoms with E-state index >= 15 is 0 Å². The average molecular weight is 168 g/mol. The number of carbonyl (C=O) groups excluding carboxylic acids is 1. The van der Waals surface area contributed by atoms with Crippen molar-refractivity contribution >= 4 is 5.78 Å². The van der Waals surface area contributed by atoms with Crippen molar-refractivity contribution in [2.45, 2.75) is 39.2 Å². The molecule has 0 aromatic heterocycles. The molecule has 0 aromatic carbocycles. The highest BCUT2D eigenvalue weighted by Crippen LogP contribution is 2.69. The van der Waals surface area contributed by atoms with Crippen LogP contribution in [0.25, 0.3) is 0 Å². The predicted molar refractivity (Wildman–Crippen MR) is 45.6 cm³/mol. The first kappa shape index (κ1) is 8.24. The van der Waals surface area contributed by atoms with Gasteiger partial charge in [-0.15, -0.1) is 0 Å². The number of hydrogen-bond acceptors (Lipinski definition) is 2. The van der Waals surface area contributed by atoms with Crippen LogP contribution in [-0.4, -0.2) is 16.5 Å². The highest BCUT2D eigenvalue weighted by molar-refractivity contribution is 5.92. The van der Waals surface area contributed by atoms with Crippen molar-refractivity contribution in [3.05, 3.63) is 0 Å². The fourth-order valence-electron chi connectivity index (χ4n) is 2.79. The molecule has 1 N–H and O–H groups in total. The molecular formula is C10H16O2. The van der Waals surface area contributed by atoms with E-state index in [1.54, 1.807) is 6.92 Å². The molecule has 68 valence electrons. The second kappa shape index (κ2) is 1.92. The third kappa shape index (κ3) is 0.717. The Morgan fingerprint density at radius 3 is 2.42 bits per heavy atom. The summed E-state index contributed by atoms with van der Waals surface area (Å²) in [6, 6.07) is 0. The lowest BCUT2D eigenvalue weighted by Crippen LogP contribution is -2.33. The molecule has 1 unspecified atom stereocenters. The minimum Gasteiger partial charge on any atom is -0.382 e. The monoisotopic (exact) mass is 168 g/mol. The van der Waals surface area contributed by atoms with E-state index in [9.17, 15) is 9.90 Å². The van der Waals surface area contributed by atoms with Crippen LogP contribution in [0.15, 0.2) is 0 Å². The number of hydrogen-bond donors (Lipinski definition) is 1. The second-order valence-corrected chi connectivity index (χ2v) is 4.89. The summed E-state index contributed by atoms with van der Waals surface area (Å²) < 4.78 is 0. The van der Waals surface area contributed by atoms with Crippen LogP contribution in [0.5, 0.6) is 0 Å². The summed E-state index contributed by atoms with van der Waals surface area (Å²) in [5.74, 6) is 0.824. The summed E-state index contributed by atoms with van der Waals surface area (Å²) in [4.78, 5) is 11.4. The van der Waals surface area contributed by atoms with Crippen LogP contribution in [0.1, 0.15) is 33.6 Å². The van der Waals surface area contributed by atoms with Crippen LogP contribution in [-0.2, 0) is 4.79 Å². The molecule has 2 saturated carbocycles. The Bertz CT molecular complexity index is 242. The maximum atomic E-state index is 11.4. The SMILES string of the molecule is CC(C)[C@]12CC(=O)[C@](C)(O)C1C2. The van der Waals surface area contributed by atoms with E-state index in [4.69, 9.17) is 0 Å². The molecule has 12 heavy (non-hydrogen) atoms. The van der Waals surface area contributed by atoms with Gasteiger partial charge in [0.1, 0.15) is 5.60 Å². The average Bonchev–Trinajstić information content (AvgIpc) is 2.59. The Kier molecular flexibility index (Phi) is 1.32. The number of carbonyl (C=O) groups is 1. The number of Topliss-reactive ketones (excluding diaryl/α,β-unsaturated/α-hetero) is 1. The molecule has 2 rings (SSSR count). The van der Waals surface area contributed by atoms with Gasteiger partial charge in [0, 0.05) is 12.3 Å². The fourth-order valence-corrected chi connectivity index (χ4v) is 2.79. The minimum absolute atomic E-state index is 0.0486. The summed E-state index contributed by atoms with van der Waals surface area (Å²) in [7, 11) is 0. The lowest BCUT2D eigenvalue weighted by molar-refractivity contribution is -0.134. The summed E-state index contributed by atoms with van der Waals surface area (Å²) in [6.07, 6.45) is 1.64. The summed E-state index contributed by atoms with van der Waals surface area (Å²) in [5.41, 5.74) is -0.842. The molecule has 0 radical (unpaired) electrons. The van der Waals surface area contributed by atoms with E-state index in [0.29, 0.717) is 12.3 Å². The standard InChI is InChI=1S/C10H16O2/c1-6(2)10-4-7(10)9(3,12)8(11)5-10/h6-7,12H,4-5H2,1-3H3/t7?,9-,10+/m1/s1. The van der Waals surface area contributed by atoms with Gasteiger partial charge in [-0.2, -0.15) is 0 Å². The zero-order valence-electron chi connectivity index (χ0n) is 7.92. The second-order valence-electron chi connectivity index (χ2n) is 4.89. The maximum Gasteiger partial charge on any atom is 0.164 e. The van der Waals surface area contributed by atoms with E-state index in [-0.39, 0.29) is 17.1 Å². The van der Waals surface area contributed by atoms with Gasteiger partial charge in [0.2, 0.25) is 0 Å². The Morgan fingerprint density at radius 2 is 2.17 bits per heavy atom. The first-order valence-electron chi connectivity index (χ1n) is 4.67. The molecule has 0 aromatic rings. The number of rotatable bonds is 1. The molecule has 0 amide bonds. The molecule has 0 saturated heterocycles. The normalized spacial score (nSPS) is 51.4. The Balaban J connectivity index is 2.28. The summed E-state index contributed by atoms with van der Waals surface area (Å²) in [5, 5.41) is 9.84. The maximum absolute atomic E-state index is 11.4. The van der Waals surface area contributed by atoms with Gasteiger partial charge in [-0.05, 0) is 24.7 Å². The highest BCUT2D eigenvalue weighted by Gasteiger charge is 2.71. The van der Waals surface area contributed by atoms with Crippen LogP contribution in [0.3, 0.4) is 0 Å². The van der Waals surface area contributed by atoms with Crippen LogP contribution < -0.4 is 0 Å². The molecule has 2 heteroatoms. The molecular weight excluding hydrogens is 152 g/mol. The number of fused-ring (bicyclic) bond motifs is 1. The van der Waals surface area contributed by atoms with Crippen LogP contribution in [0, 0.1) is 17.3 Å². The molecule has 0 heterocycles. The van der Waals surface area contributed by atoms with Gasteiger partial charge in [-0.25, -0.2) is 0 Å². The Hall–Kier alpha value is -0.370. The molecule has 0 bridgehead atoms. The van der Waals surface area contributed by atoms with Gasteiger partial charge >= 0.3 is 0 Å². The van der Waals surface area contributed by atoms with Crippen molar-refractivity contribution in [2.24, 2.45) is 17.3 Å². The predicted octanol–water partition coefficient (Wildman–Crippen LogP) is 1.37. The third-order valence-electron chi connectivity index (χ3n) is 4.00. The third-order valence-corrected chi connectivity index (χ3v) is 4.00. The fraction of sp³-hybridized carbons (Fsp3) is 0.900. The molecule has 0 spiro atoms. The summed E-state index contributed by atoms with van der Waals surface area (Å²) >= 11 is 0. The quantitative estimate of drug-likeness (QED) is 0.642. The van der Waals surface area contributed by atoms with Gasteiger partial charge in [0.25, 0.3) is 0 Å². The zero-order chi connectivity index (χ0) is 9.15. The van der Waals surface area contributed by atoms with Gasteiger partial charge in [-0.1, -0.05) is 13.8 Å². The van der Waals surface area contributed by atoms with Gasteiger partial charge in [-0.3, -0.25) is 4.79 Å². The Labute approximate surface area is 73.0 Å². The minimum atomic E-state index is -1.01. The van der Waals surface area contributed by atoms with Crippen molar-refractivity contribution in [1.29, 1.82) is 0 Å². The largest absolute Gasteiger partial charge is 0.382 e. The van der Waals surface area contributed by atoms with Gasteiger partial charge in [0.15, 0.2) is 5.78 Å². The zero-order valence-corrected chi connectivity index (χ0v) is 7.92. The molecule has 2 nitrogen and oxygen atoms in total. The lowest BCUT2D eigenvalue weighted by Gasteiger charge is -2.15. The smallest absolute Gasteiger partial charge is 0.164 e. The number of ketones is 1. The molecule has 2 fully saturated rings. The van der Waals surface area contributed by atoms with E-state index < -0.39 is 5.60 Å². The molecule has 2 aliphatic carbocycles.